The van der Waals surface area contributed by atoms with E-state index in [1.165, 1.54) is 6.07 Å². The Bertz CT molecular complexity index is 566. The number of hydrogen-bond acceptors (Lipinski definition) is 5. The third-order valence-corrected chi connectivity index (χ3v) is 3.15. The first-order chi connectivity index (χ1) is 8.08. The van der Waals surface area contributed by atoms with Crippen LogP contribution in [0.5, 0.6) is 5.75 Å². The summed E-state index contributed by atoms with van der Waals surface area (Å²) in [4.78, 5) is 10.7. The van der Waals surface area contributed by atoms with E-state index in [0.29, 0.717) is 16.4 Å². The van der Waals surface area contributed by atoms with E-state index < -0.39 is 5.97 Å². The molecular weight excluding hydrogens is 240 g/mol. The molecule has 5 N–H and O–H groups in total. The Morgan fingerprint density at radius 3 is 2.65 bits per heavy atom. The number of carboxylic acid groups (broad SMARTS) is 1. The summed E-state index contributed by atoms with van der Waals surface area (Å²) < 4.78 is 0. The number of thiophene rings is 1. The molecule has 0 unspecified atom stereocenters. The van der Waals surface area contributed by atoms with Crippen molar-refractivity contribution < 1.29 is 15.0 Å². The highest BCUT2D eigenvalue weighted by Gasteiger charge is 2.14. The van der Waals surface area contributed by atoms with Gasteiger partial charge in [0.05, 0.1) is 16.4 Å². The van der Waals surface area contributed by atoms with Crippen LogP contribution in [0.4, 0.5) is 16.4 Å². The fourth-order valence-electron chi connectivity index (χ4n) is 1.34. The lowest BCUT2D eigenvalue weighted by Crippen LogP contribution is -1.93. The largest absolute Gasteiger partial charge is 0.506 e. The quantitative estimate of drug-likeness (QED) is 0.628. The van der Waals surface area contributed by atoms with Crippen molar-refractivity contribution in [2.24, 2.45) is 0 Å². The molecule has 5 nitrogen and oxygen atoms in total. The van der Waals surface area contributed by atoms with Crippen LogP contribution in [0.15, 0.2) is 30.3 Å². The summed E-state index contributed by atoms with van der Waals surface area (Å²) in [6, 6.07) is 8.47. The number of carbonyl (C=O) groups is 1. The van der Waals surface area contributed by atoms with Gasteiger partial charge in [0.25, 0.3) is 0 Å². The number of nitrogens with one attached hydrogen (secondary N) is 1. The molecule has 0 fully saturated rings. The molecule has 0 amide bonds. The van der Waals surface area contributed by atoms with Gasteiger partial charge in [0.15, 0.2) is 4.88 Å². The maximum absolute atomic E-state index is 10.8. The standard InChI is InChI=1S/C11H10N2O3S/c12-6-3-1-2-4-7(6)13-9-5-8(14)10(17-9)11(15)16/h1-5,13-14H,12H2,(H,15,16). The monoisotopic (exact) mass is 250 g/mol. The average molecular weight is 250 g/mol. The minimum Gasteiger partial charge on any atom is -0.506 e. The second-order valence-corrected chi connectivity index (χ2v) is 4.39. The smallest absolute Gasteiger partial charge is 0.349 e. The van der Waals surface area contributed by atoms with Crippen LogP contribution >= 0.6 is 11.3 Å². The molecule has 2 rings (SSSR count). The predicted octanol–water partition coefficient (Wildman–Crippen LogP) is 2.48. The first-order valence-corrected chi connectivity index (χ1v) is 5.57. The van der Waals surface area contributed by atoms with Gasteiger partial charge in [-0.1, -0.05) is 12.1 Å². The summed E-state index contributed by atoms with van der Waals surface area (Å²) in [6.45, 7) is 0. The van der Waals surface area contributed by atoms with Gasteiger partial charge in [0, 0.05) is 6.07 Å². The van der Waals surface area contributed by atoms with Gasteiger partial charge in [-0.3, -0.25) is 0 Å². The van der Waals surface area contributed by atoms with Gasteiger partial charge in [-0.05, 0) is 12.1 Å². The third kappa shape index (κ3) is 2.31. The molecule has 0 saturated carbocycles. The van der Waals surface area contributed by atoms with E-state index in [1.54, 1.807) is 18.2 Å². The van der Waals surface area contributed by atoms with E-state index in [-0.39, 0.29) is 10.6 Å². The zero-order valence-electron chi connectivity index (χ0n) is 8.68. The summed E-state index contributed by atoms with van der Waals surface area (Å²) in [5, 5.41) is 21.7. The minimum atomic E-state index is -1.15. The lowest BCUT2D eigenvalue weighted by atomic mass is 10.3. The lowest BCUT2D eigenvalue weighted by Gasteiger charge is -2.05. The van der Waals surface area contributed by atoms with Crippen LogP contribution in [0.25, 0.3) is 0 Å². The first-order valence-electron chi connectivity index (χ1n) is 4.75. The van der Waals surface area contributed by atoms with Crippen LogP contribution < -0.4 is 11.1 Å². The van der Waals surface area contributed by atoms with Gasteiger partial charge in [0.2, 0.25) is 0 Å². The van der Waals surface area contributed by atoms with Gasteiger partial charge in [0.1, 0.15) is 5.75 Å². The number of anilines is 3. The Morgan fingerprint density at radius 2 is 2.06 bits per heavy atom. The van der Waals surface area contributed by atoms with E-state index in [2.05, 4.69) is 5.32 Å². The SMILES string of the molecule is Nc1ccccc1Nc1cc(O)c(C(=O)O)s1. The maximum Gasteiger partial charge on any atom is 0.349 e. The van der Waals surface area contributed by atoms with Crippen LogP contribution in [-0.4, -0.2) is 16.2 Å². The Hall–Kier alpha value is -2.21. The summed E-state index contributed by atoms with van der Waals surface area (Å²) in [5.74, 6) is -1.40. The Morgan fingerprint density at radius 1 is 1.35 bits per heavy atom. The van der Waals surface area contributed by atoms with Crippen molar-refractivity contribution in [1.82, 2.24) is 0 Å². The number of aromatic hydroxyl groups is 1. The number of nitrogens with two attached hydrogens (primary N) is 1. The van der Waals surface area contributed by atoms with Gasteiger partial charge in [-0.25, -0.2) is 4.79 Å². The topological polar surface area (TPSA) is 95.6 Å². The van der Waals surface area contributed by atoms with Crippen molar-refractivity contribution in [3.8, 4) is 5.75 Å². The summed E-state index contributed by atoms with van der Waals surface area (Å²) in [7, 11) is 0. The van der Waals surface area contributed by atoms with E-state index in [4.69, 9.17) is 10.8 Å². The van der Waals surface area contributed by atoms with Crippen LogP contribution in [0.2, 0.25) is 0 Å². The van der Waals surface area contributed by atoms with E-state index in [1.807, 2.05) is 6.07 Å². The number of carboxylic acids is 1. The number of para-hydroxylation sites is 2. The fourth-order valence-corrected chi connectivity index (χ4v) is 2.14. The zero-order chi connectivity index (χ0) is 12.4. The van der Waals surface area contributed by atoms with Crippen LogP contribution in [0, 0.1) is 0 Å². The summed E-state index contributed by atoms with van der Waals surface area (Å²) >= 11 is 0.955. The molecule has 0 spiro atoms. The van der Waals surface area contributed by atoms with Crippen molar-refractivity contribution in [1.29, 1.82) is 0 Å². The molecule has 0 atom stereocenters. The van der Waals surface area contributed by atoms with Crippen LogP contribution in [0.1, 0.15) is 9.67 Å². The normalized spacial score (nSPS) is 10.1. The molecule has 0 radical (unpaired) electrons. The molecule has 0 saturated heterocycles. The summed E-state index contributed by atoms with van der Waals surface area (Å²) in [6.07, 6.45) is 0. The van der Waals surface area contributed by atoms with E-state index in [9.17, 15) is 9.90 Å². The minimum absolute atomic E-state index is 0.0954. The number of hydrogen-bond donors (Lipinski definition) is 4. The number of aromatic carboxylic acids is 1. The van der Waals surface area contributed by atoms with Crippen molar-refractivity contribution in [3.05, 3.63) is 35.2 Å². The van der Waals surface area contributed by atoms with Gasteiger partial charge >= 0.3 is 5.97 Å². The number of nitrogen functional groups attached to an aromatic ring is 1. The second kappa shape index (κ2) is 4.34. The van der Waals surface area contributed by atoms with Gasteiger partial charge in [-0.2, -0.15) is 0 Å². The molecule has 0 aliphatic heterocycles. The molecule has 88 valence electrons. The molecule has 1 aromatic carbocycles. The van der Waals surface area contributed by atoms with Gasteiger partial charge in [-0.15, -0.1) is 11.3 Å². The Labute approximate surface area is 101 Å². The van der Waals surface area contributed by atoms with E-state index in [0.717, 1.165) is 11.3 Å². The maximum atomic E-state index is 10.8. The highest BCUT2D eigenvalue weighted by Crippen LogP contribution is 2.35. The fraction of sp³-hybridized carbons (Fsp3) is 0. The van der Waals surface area contributed by atoms with Crippen molar-refractivity contribution in [3.63, 3.8) is 0 Å². The van der Waals surface area contributed by atoms with Crippen molar-refractivity contribution >= 4 is 33.7 Å². The first kappa shape index (κ1) is 11.3. The molecule has 1 heterocycles. The predicted molar refractivity (Wildman–Crippen MR) is 67.1 cm³/mol. The van der Waals surface area contributed by atoms with Crippen molar-refractivity contribution in [2.75, 3.05) is 11.1 Å². The second-order valence-electron chi connectivity index (χ2n) is 3.34. The van der Waals surface area contributed by atoms with Crippen LogP contribution in [0.3, 0.4) is 0 Å². The molecule has 0 aliphatic carbocycles. The van der Waals surface area contributed by atoms with Gasteiger partial charge < -0.3 is 21.3 Å². The molecule has 1 aromatic heterocycles. The Balaban J connectivity index is 2.28. The van der Waals surface area contributed by atoms with Crippen molar-refractivity contribution in [2.45, 2.75) is 0 Å². The van der Waals surface area contributed by atoms with Crippen LogP contribution in [-0.2, 0) is 0 Å². The highest BCUT2D eigenvalue weighted by molar-refractivity contribution is 7.18. The highest BCUT2D eigenvalue weighted by atomic mass is 32.1. The third-order valence-electron chi connectivity index (χ3n) is 2.13. The number of rotatable bonds is 3. The number of benzene rings is 1. The Kier molecular flexibility index (Phi) is 2.88. The molecular formula is C11H10N2O3S. The zero-order valence-corrected chi connectivity index (χ0v) is 9.49. The molecule has 17 heavy (non-hydrogen) atoms. The lowest BCUT2D eigenvalue weighted by molar-refractivity contribution is 0.0699. The van der Waals surface area contributed by atoms with E-state index >= 15 is 0 Å². The molecule has 2 aromatic rings. The molecule has 0 bridgehead atoms. The summed E-state index contributed by atoms with van der Waals surface area (Å²) in [5.41, 5.74) is 6.96. The molecule has 6 heteroatoms. The molecule has 0 aliphatic rings. The average Bonchev–Trinajstić information content (AvgIpc) is 2.63.